The normalized spacial score (nSPS) is 10.3. The number of nitro benzene ring substituents is 1. The number of benzene rings is 1. The first-order valence-electron chi connectivity index (χ1n) is 6.15. The van der Waals surface area contributed by atoms with Crippen LogP contribution in [0, 0.1) is 10.1 Å². The molecule has 0 bridgehead atoms. The molecular weight excluding hydrogens is 314 g/mol. The van der Waals surface area contributed by atoms with Crippen molar-refractivity contribution in [1.29, 1.82) is 0 Å². The number of ether oxygens (including phenoxy) is 1. The lowest BCUT2D eigenvalue weighted by Gasteiger charge is -2.07. The average molecular weight is 324 g/mol. The average Bonchev–Trinajstić information content (AvgIpc) is 2.47. The van der Waals surface area contributed by atoms with Crippen LogP contribution >= 0.6 is 11.6 Å². The first-order chi connectivity index (χ1) is 10.5. The Kier molecular flexibility index (Phi) is 4.52. The van der Waals surface area contributed by atoms with Crippen molar-refractivity contribution in [1.82, 2.24) is 10.2 Å². The van der Waals surface area contributed by atoms with Gasteiger partial charge in [0.15, 0.2) is 0 Å². The highest BCUT2D eigenvalue weighted by atomic mass is 35.5. The number of nitrogens with zero attached hydrogens (tertiary/aromatic N) is 2. The third kappa shape index (κ3) is 2.96. The maximum absolute atomic E-state index is 11.8. The number of hydrogen-bond donors (Lipinski definition) is 1. The van der Waals surface area contributed by atoms with E-state index in [4.69, 9.17) is 16.3 Å². The molecule has 2 rings (SSSR count). The van der Waals surface area contributed by atoms with Crippen LogP contribution in [0.3, 0.4) is 0 Å². The lowest BCUT2D eigenvalue weighted by molar-refractivity contribution is -0.384. The fraction of sp³-hybridized carbons (Fsp3) is 0.154. The fourth-order valence-corrected chi connectivity index (χ4v) is 2.09. The summed E-state index contributed by atoms with van der Waals surface area (Å²) in [6, 6.07) is 5.51. The van der Waals surface area contributed by atoms with E-state index >= 15 is 0 Å². The molecule has 0 radical (unpaired) electrons. The Labute approximate surface area is 128 Å². The number of H-pyrrole nitrogens is 1. The maximum atomic E-state index is 11.8. The summed E-state index contributed by atoms with van der Waals surface area (Å²) in [6.07, 6.45) is 0. The molecule has 1 aromatic carbocycles. The van der Waals surface area contributed by atoms with Gasteiger partial charge in [0.25, 0.3) is 11.2 Å². The molecule has 0 saturated carbocycles. The molecule has 0 aliphatic carbocycles. The SMILES string of the molecule is CCOC(=O)c1c(Cl)c(-c2cccc([N+](=O)[O-])c2)n[nH]c1=O. The van der Waals surface area contributed by atoms with E-state index < -0.39 is 16.5 Å². The second kappa shape index (κ2) is 6.35. The smallest absolute Gasteiger partial charge is 0.345 e. The molecule has 1 heterocycles. The zero-order valence-electron chi connectivity index (χ0n) is 11.3. The summed E-state index contributed by atoms with van der Waals surface area (Å²) in [5.41, 5.74) is -1.01. The van der Waals surface area contributed by atoms with Crippen LogP contribution in [0.25, 0.3) is 11.3 Å². The number of halogens is 1. The summed E-state index contributed by atoms with van der Waals surface area (Å²) in [7, 11) is 0. The molecule has 0 atom stereocenters. The number of aromatic amines is 1. The first-order valence-corrected chi connectivity index (χ1v) is 6.53. The summed E-state index contributed by atoms with van der Waals surface area (Å²) in [5.74, 6) is -0.886. The predicted molar refractivity (Wildman–Crippen MR) is 77.9 cm³/mol. The molecule has 9 heteroatoms. The largest absolute Gasteiger partial charge is 0.462 e. The molecule has 0 fully saturated rings. The minimum atomic E-state index is -0.886. The lowest BCUT2D eigenvalue weighted by atomic mass is 10.1. The van der Waals surface area contributed by atoms with Gasteiger partial charge in [0.1, 0.15) is 11.3 Å². The molecule has 114 valence electrons. The van der Waals surface area contributed by atoms with Gasteiger partial charge in [-0.15, -0.1) is 0 Å². The molecule has 1 N–H and O–H groups in total. The molecule has 0 saturated heterocycles. The Hall–Kier alpha value is -2.74. The number of carbonyl (C=O) groups is 1. The maximum Gasteiger partial charge on any atom is 0.345 e. The number of nitro groups is 1. The van der Waals surface area contributed by atoms with E-state index in [2.05, 4.69) is 10.2 Å². The Balaban J connectivity index is 2.60. The van der Waals surface area contributed by atoms with Crippen LogP contribution in [0.2, 0.25) is 5.02 Å². The molecule has 22 heavy (non-hydrogen) atoms. The van der Waals surface area contributed by atoms with Crippen LogP contribution in [0.5, 0.6) is 0 Å². The van der Waals surface area contributed by atoms with E-state index in [9.17, 15) is 19.7 Å². The molecule has 0 aliphatic rings. The summed E-state index contributed by atoms with van der Waals surface area (Å²) in [6.45, 7) is 1.66. The van der Waals surface area contributed by atoms with Crippen LogP contribution in [0.15, 0.2) is 29.1 Å². The van der Waals surface area contributed by atoms with Crippen molar-refractivity contribution < 1.29 is 14.5 Å². The second-order valence-corrected chi connectivity index (χ2v) is 4.50. The third-order valence-corrected chi connectivity index (χ3v) is 3.10. The number of nitrogens with one attached hydrogen (secondary N) is 1. The number of hydrogen-bond acceptors (Lipinski definition) is 6. The number of rotatable bonds is 4. The van der Waals surface area contributed by atoms with Crippen molar-refractivity contribution >= 4 is 23.3 Å². The standard InChI is InChI=1S/C13H10ClN3O5/c1-2-22-13(19)9-10(14)11(15-16-12(9)18)7-4-3-5-8(6-7)17(20)21/h3-6H,2H2,1H3,(H,16,18). The molecular formula is C13H10ClN3O5. The Morgan fingerprint density at radius 2 is 2.23 bits per heavy atom. The van der Waals surface area contributed by atoms with Gasteiger partial charge < -0.3 is 4.74 Å². The molecule has 1 aromatic heterocycles. The topological polar surface area (TPSA) is 115 Å². The van der Waals surface area contributed by atoms with E-state index in [1.165, 1.54) is 24.3 Å². The highest BCUT2D eigenvalue weighted by Crippen LogP contribution is 2.29. The third-order valence-electron chi connectivity index (χ3n) is 2.73. The molecule has 0 amide bonds. The zero-order chi connectivity index (χ0) is 16.3. The van der Waals surface area contributed by atoms with Gasteiger partial charge in [0.05, 0.1) is 16.6 Å². The Morgan fingerprint density at radius 1 is 1.50 bits per heavy atom. The van der Waals surface area contributed by atoms with Gasteiger partial charge in [-0.2, -0.15) is 5.10 Å². The van der Waals surface area contributed by atoms with Gasteiger partial charge >= 0.3 is 5.97 Å². The summed E-state index contributed by atoms with van der Waals surface area (Å²) in [5, 5.41) is 16.5. The van der Waals surface area contributed by atoms with Gasteiger partial charge in [-0.05, 0) is 6.92 Å². The van der Waals surface area contributed by atoms with Crippen molar-refractivity contribution in [2.45, 2.75) is 6.92 Å². The van der Waals surface area contributed by atoms with Crippen molar-refractivity contribution in [3.63, 3.8) is 0 Å². The number of carbonyl (C=O) groups excluding carboxylic acids is 1. The fourth-order valence-electron chi connectivity index (χ4n) is 1.77. The molecule has 2 aromatic rings. The summed E-state index contributed by atoms with van der Waals surface area (Å²) >= 11 is 6.06. The molecule has 0 aliphatic heterocycles. The summed E-state index contributed by atoms with van der Waals surface area (Å²) < 4.78 is 4.76. The van der Waals surface area contributed by atoms with Gasteiger partial charge in [0, 0.05) is 17.7 Å². The van der Waals surface area contributed by atoms with Crippen LogP contribution in [0.4, 0.5) is 5.69 Å². The molecule has 8 nitrogen and oxygen atoms in total. The van der Waals surface area contributed by atoms with E-state index in [0.717, 1.165) is 0 Å². The number of esters is 1. The predicted octanol–water partition coefficient (Wildman–Crippen LogP) is 2.18. The van der Waals surface area contributed by atoms with Crippen molar-refractivity contribution in [3.05, 3.63) is 55.3 Å². The van der Waals surface area contributed by atoms with Crippen LogP contribution in [-0.4, -0.2) is 27.7 Å². The first kappa shape index (κ1) is 15.6. The lowest BCUT2D eigenvalue weighted by Crippen LogP contribution is -2.22. The molecule has 0 spiro atoms. The Morgan fingerprint density at radius 3 is 2.86 bits per heavy atom. The van der Waals surface area contributed by atoms with E-state index in [-0.39, 0.29) is 28.6 Å². The Bertz CT molecular complexity index is 803. The minimum absolute atomic E-state index is 0.0491. The summed E-state index contributed by atoms with van der Waals surface area (Å²) in [4.78, 5) is 33.7. The number of non-ortho nitro benzene ring substituents is 1. The van der Waals surface area contributed by atoms with E-state index in [1.54, 1.807) is 6.92 Å². The van der Waals surface area contributed by atoms with Crippen molar-refractivity contribution in [3.8, 4) is 11.3 Å². The zero-order valence-corrected chi connectivity index (χ0v) is 12.1. The van der Waals surface area contributed by atoms with Gasteiger partial charge in [-0.25, -0.2) is 9.89 Å². The van der Waals surface area contributed by atoms with Gasteiger partial charge in [0.2, 0.25) is 0 Å². The minimum Gasteiger partial charge on any atom is -0.462 e. The monoisotopic (exact) mass is 323 g/mol. The van der Waals surface area contributed by atoms with E-state index in [0.29, 0.717) is 5.56 Å². The highest BCUT2D eigenvalue weighted by Gasteiger charge is 2.22. The highest BCUT2D eigenvalue weighted by molar-refractivity contribution is 6.35. The van der Waals surface area contributed by atoms with Crippen molar-refractivity contribution in [2.75, 3.05) is 6.61 Å². The second-order valence-electron chi connectivity index (χ2n) is 4.12. The molecule has 0 unspecified atom stereocenters. The van der Waals surface area contributed by atoms with Crippen LogP contribution < -0.4 is 5.56 Å². The van der Waals surface area contributed by atoms with Crippen LogP contribution in [0.1, 0.15) is 17.3 Å². The van der Waals surface area contributed by atoms with E-state index in [1.807, 2.05) is 0 Å². The quantitative estimate of drug-likeness (QED) is 0.523. The number of aromatic nitrogens is 2. The van der Waals surface area contributed by atoms with Gasteiger partial charge in [-0.1, -0.05) is 23.7 Å². The van der Waals surface area contributed by atoms with Crippen LogP contribution in [-0.2, 0) is 4.74 Å². The van der Waals surface area contributed by atoms with Crippen molar-refractivity contribution in [2.24, 2.45) is 0 Å². The van der Waals surface area contributed by atoms with Gasteiger partial charge in [-0.3, -0.25) is 14.9 Å².